The maximum Gasteiger partial charge on any atom is 0.213 e. The van der Waals surface area contributed by atoms with Gasteiger partial charge in [-0.05, 0) is 6.07 Å². The summed E-state index contributed by atoms with van der Waals surface area (Å²) >= 11 is 0. The zero-order valence-corrected chi connectivity index (χ0v) is 10.3. The number of pyridine rings is 1. The predicted molar refractivity (Wildman–Crippen MR) is 64.8 cm³/mol. The molecule has 0 aliphatic carbocycles. The van der Waals surface area contributed by atoms with Crippen molar-refractivity contribution in [1.29, 1.82) is 0 Å². The highest BCUT2D eigenvalue weighted by Crippen LogP contribution is 2.07. The van der Waals surface area contributed by atoms with Gasteiger partial charge in [0, 0.05) is 18.7 Å². The van der Waals surface area contributed by atoms with Gasteiger partial charge in [-0.25, -0.2) is 4.98 Å². The Kier molecular flexibility index (Phi) is 5.90. The molecule has 3 N–H and O–H groups in total. The number of hydrogen-bond donors (Lipinski definition) is 3. The third-order valence-corrected chi connectivity index (χ3v) is 2.13. The van der Waals surface area contributed by atoms with Crippen molar-refractivity contribution < 1.29 is 14.9 Å². The lowest BCUT2D eigenvalue weighted by atomic mass is 10.3. The van der Waals surface area contributed by atoms with Crippen molar-refractivity contribution in [2.24, 2.45) is 0 Å². The largest absolute Gasteiger partial charge is 0.475 e. The maximum atomic E-state index is 9.62. The Labute approximate surface area is 101 Å². The number of aromatic nitrogens is 1. The van der Waals surface area contributed by atoms with E-state index in [1.54, 1.807) is 18.2 Å². The molecule has 17 heavy (non-hydrogen) atoms. The average Bonchev–Trinajstić information content (AvgIpc) is 2.34. The lowest BCUT2D eigenvalue weighted by Crippen LogP contribution is -2.35. The molecule has 0 spiro atoms. The van der Waals surface area contributed by atoms with Crippen LogP contribution in [0.4, 0.5) is 0 Å². The van der Waals surface area contributed by atoms with Gasteiger partial charge in [0.15, 0.2) is 0 Å². The summed E-state index contributed by atoms with van der Waals surface area (Å²) in [5.74, 6) is 0.417. The number of nitrogens with one attached hydrogen (secondary N) is 1. The summed E-state index contributed by atoms with van der Waals surface area (Å²) in [5.41, 5.74) is 0.553. The van der Waals surface area contributed by atoms with E-state index in [1.165, 1.54) is 0 Å². The molecule has 96 valence electrons. The van der Waals surface area contributed by atoms with Crippen LogP contribution < -0.4 is 10.1 Å². The van der Waals surface area contributed by atoms with Crippen molar-refractivity contribution in [3.05, 3.63) is 23.9 Å². The second kappa shape index (κ2) is 7.21. The van der Waals surface area contributed by atoms with Crippen molar-refractivity contribution in [3.8, 4) is 5.88 Å². The van der Waals surface area contributed by atoms with Crippen LogP contribution in [-0.2, 0) is 6.61 Å². The molecular weight excluding hydrogens is 220 g/mol. The molecule has 0 saturated heterocycles. The Morgan fingerprint density at radius 1 is 1.41 bits per heavy atom. The predicted octanol–water partition coefficient (Wildman–Crippen LogP) is 0.312. The molecule has 1 rings (SSSR count). The van der Waals surface area contributed by atoms with Crippen LogP contribution in [0.2, 0.25) is 0 Å². The molecule has 0 aliphatic rings. The Morgan fingerprint density at radius 3 is 2.82 bits per heavy atom. The molecule has 0 aliphatic heterocycles. The third-order valence-electron chi connectivity index (χ3n) is 2.13. The molecule has 1 atom stereocenters. The molecule has 0 bridgehead atoms. The van der Waals surface area contributed by atoms with Crippen LogP contribution in [0.15, 0.2) is 18.2 Å². The minimum atomic E-state index is -0.572. The van der Waals surface area contributed by atoms with E-state index in [-0.39, 0.29) is 13.2 Å². The topological polar surface area (TPSA) is 74.6 Å². The smallest absolute Gasteiger partial charge is 0.213 e. The van der Waals surface area contributed by atoms with E-state index >= 15 is 0 Å². The molecule has 0 saturated carbocycles. The van der Waals surface area contributed by atoms with Crippen LogP contribution in [0.5, 0.6) is 5.88 Å². The highest BCUT2D eigenvalue weighted by molar-refractivity contribution is 5.15. The molecule has 0 amide bonds. The zero-order valence-electron chi connectivity index (χ0n) is 10.3. The van der Waals surface area contributed by atoms with Gasteiger partial charge < -0.3 is 20.3 Å². The Bertz CT molecular complexity index is 331. The monoisotopic (exact) mass is 240 g/mol. The molecule has 1 aromatic rings. The van der Waals surface area contributed by atoms with Crippen molar-refractivity contribution >= 4 is 0 Å². The first-order valence-corrected chi connectivity index (χ1v) is 5.73. The highest BCUT2D eigenvalue weighted by Gasteiger charge is 2.06. The van der Waals surface area contributed by atoms with E-state index in [0.717, 1.165) is 0 Å². The van der Waals surface area contributed by atoms with E-state index < -0.39 is 6.10 Å². The minimum Gasteiger partial charge on any atom is -0.475 e. The average molecular weight is 240 g/mol. The number of nitrogens with zero attached hydrogens (tertiary/aromatic N) is 1. The second-order valence-electron chi connectivity index (χ2n) is 4.15. The molecule has 0 fully saturated rings. The number of aliphatic hydroxyl groups excluding tert-OH is 2. The number of rotatable bonds is 7. The van der Waals surface area contributed by atoms with Crippen LogP contribution in [0, 0.1) is 0 Å². The molecule has 5 nitrogen and oxygen atoms in total. The molecule has 1 heterocycles. The second-order valence-corrected chi connectivity index (χ2v) is 4.15. The Morgan fingerprint density at radius 2 is 2.18 bits per heavy atom. The Balaban J connectivity index is 2.33. The minimum absolute atomic E-state index is 0.116. The first kappa shape index (κ1) is 13.9. The van der Waals surface area contributed by atoms with Gasteiger partial charge in [0.25, 0.3) is 0 Å². The standard InChI is InChI=1S/C12H20N2O3/c1-9(2)13-6-11(16)8-17-12-5-3-4-10(7-15)14-12/h3-5,9,11,13,15-16H,6-8H2,1-2H3. The van der Waals surface area contributed by atoms with Crippen molar-refractivity contribution in [3.63, 3.8) is 0 Å². The fourth-order valence-corrected chi connectivity index (χ4v) is 1.24. The van der Waals surface area contributed by atoms with E-state index in [1.807, 2.05) is 13.8 Å². The van der Waals surface area contributed by atoms with Gasteiger partial charge >= 0.3 is 0 Å². The van der Waals surface area contributed by atoms with Gasteiger partial charge in [-0.1, -0.05) is 19.9 Å². The van der Waals surface area contributed by atoms with Gasteiger partial charge in [0.2, 0.25) is 5.88 Å². The third kappa shape index (κ3) is 5.63. The maximum absolute atomic E-state index is 9.62. The van der Waals surface area contributed by atoms with Gasteiger partial charge in [-0.2, -0.15) is 0 Å². The summed E-state index contributed by atoms with van der Waals surface area (Å²) in [6.45, 7) is 4.58. The van der Waals surface area contributed by atoms with Crippen LogP contribution in [0.3, 0.4) is 0 Å². The highest BCUT2D eigenvalue weighted by atomic mass is 16.5. The van der Waals surface area contributed by atoms with Crippen molar-refractivity contribution in [2.45, 2.75) is 32.6 Å². The molecule has 1 aromatic heterocycles. The van der Waals surface area contributed by atoms with Crippen LogP contribution in [0.1, 0.15) is 19.5 Å². The fraction of sp³-hybridized carbons (Fsp3) is 0.583. The van der Waals surface area contributed by atoms with Crippen LogP contribution in [0.25, 0.3) is 0 Å². The summed E-state index contributed by atoms with van der Waals surface area (Å²) < 4.78 is 5.33. The lowest BCUT2D eigenvalue weighted by molar-refractivity contribution is 0.102. The molecular formula is C12H20N2O3. The first-order chi connectivity index (χ1) is 8.11. The zero-order chi connectivity index (χ0) is 12.7. The van der Waals surface area contributed by atoms with Crippen molar-refractivity contribution in [1.82, 2.24) is 10.3 Å². The van der Waals surface area contributed by atoms with E-state index in [9.17, 15) is 5.11 Å². The summed E-state index contributed by atoms with van der Waals surface area (Å²) in [6, 6.07) is 5.50. The number of hydrogen-bond acceptors (Lipinski definition) is 5. The molecule has 5 heteroatoms. The summed E-state index contributed by atoms with van der Waals surface area (Å²) in [5, 5.41) is 21.6. The fourth-order valence-electron chi connectivity index (χ4n) is 1.24. The van der Waals surface area contributed by atoms with Gasteiger partial charge in [-0.3, -0.25) is 0 Å². The molecule has 1 unspecified atom stereocenters. The van der Waals surface area contributed by atoms with Gasteiger partial charge in [0.05, 0.1) is 12.3 Å². The van der Waals surface area contributed by atoms with Gasteiger partial charge in [-0.15, -0.1) is 0 Å². The Hall–Kier alpha value is -1.17. The van der Waals surface area contributed by atoms with Gasteiger partial charge in [0.1, 0.15) is 12.7 Å². The van der Waals surface area contributed by atoms with E-state index in [4.69, 9.17) is 9.84 Å². The molecule has 0 radical (unpaired) electrons. The van der Waals surface area contributed by atoms with Crippen LogP contribution in [-0.4, -0.2) is 40.5 Å². The van der Waals surface area contributed by atoms with Crippen LogP contribution >= 0.6 is 0 Å². The lowest BCUT2D eigenvalue weighted by Gasteiger charge is -2.14. The number of ether oxygens (including phenoxy) is 1. The summed E-state index contributed by atoms with van der Waals surface area (Å²) in [6.07, 6.45) is -0.572. The SMILES string of the molecule is CC(C)NCC(O)COc1cccc(CO)n1. The normalized spacial score (nSPS) is 12.8. The van der Waals surface area contributed by atoms with Crippen molar-refractivity contribution in [2.75, 3.05) is 13.2 Å². The number of aliphatic hydroxyl groups is 2. The van der Waals surface area contributed by atoms with E-state index in [2.05, 4.69) is 10.3 Å². The van der Waals surface area contributed by atoms with E-state index in [0.29, 0.717) is 24.2 Å². The summed E-state index contributed by atoms with van der Waals surface area (Å²) in [4.78, 5) is 4.05. The molecule has 0 aromatic carbocycles. The summed E-state index contributed by atoms with van der Waals surface area (Å²) in [7, 11) is 0. The first-order valence-electron chi connectivity index (χ1n) is 5.73. The quantitative estimate of drug-likeness (QED) is 0.639.